The molecular weight excluding hydrogens is 683 g/mol. The molecule has 0 saturated heterocycles. The molecule has 0 aliphatic rings. The number of primary amides is 1. The Morgan fingerprint density at radius 1 is 0.864 bits per heavy atom. The first-order valence-corrected chi connectivity index (χ1v) is 16.2. The van der Waals surface area contributed by atoms with Gasteiger partial charge in [0.25, 0.3) is 0 Å². The van der Waals surface area contributed by atoms with Gasteiger partial charge < -0.3 is 37.1 Å². The van der Waals surface area contributed by atoms with E-state index in [1.807, 2.05) is 22.6 Å². The number of ether oxygens (including phenoxy) is 1. The van der Waals surface area contributed by atoms with E-state index in [4.69, 9.17) is 10.5 Å². The van der Waals surface area contributed by atoms with Gasteiger partial charge in [-0.3, -0.25) is 24.0 Å². The molecule has 6 amide bonds. The molecule has 0 aromatic heterocycles. The fourth-order valence-electron chi connectivity index (χ4n) is 3.79. The van der Waals surface area contributed by atoms with Crippen molar-refractivity contribution in [1.82, 2.24) is 21.3 Å². The van der Waals surface area contributed by atoms with E-state index in [9.17, 15) is 28.8 Å². The lowest BCUT2D eigenvalue weighted by molar-refractivity contribution is -0.154. The minimum absolute atomic E-state index is 0.0634. The second kappa shape index (κ2) is 19.8. The summed E-state index contributed by atoms with van der Waals surface area (Å²) in [5.74, 6) is -1.95. The lowest BCUT2D eigenvalue weighted by Gasteiger charge is -2.25. The van der Waals surface area contributed by atoms with Crippen molar-refractivity contribution in [3.63, 3.8) is 0 Å². The quantitative estimate of drug-likeness (QED) is 0.0577. The van der Waals surface area contributed by atoms with Crippen molar-refractivity contribution >= 4 is 63.9 Å². The number of anilines is 1. The number of amides is 6. The number of rotatable bonds is 18. The predicted octanol–water partition coefficient (Wildman–Crippen LogP) is 2.51. The summed E-state index contributed by atoms with van der Waals surface area (Å²) in [6.45, 7) is 9.65. The van der Waals surface area contributed by atoms with Gasteiger partial charge in [0.1, 0.15) is 18.7 Å². The summed E-state index contributed by atoms with van der Waals surface area (Å²) in [7, 11) is 0. The maximum absolute atomic E-state index is 13.3. The Bertz CT molecular complexity index is 1120. The first kappa shape index (κ1) is 38.6. The molecule has 0 aliphatic heterocycles. The summed E-state index contributed by atoms with van der Waals surface area (Å²) in [5.41, 5.74) is 5.72. The number of carbonyl (C=O) groups excluding carboxylic acids is 6. The molecule has 0 aliphatic carbocycles. The number of benzene rings is 1. The second-order valence-corrected chi connectivity index (χ2v) is 12.5. The summed E-state index contributed by atoms with van der Waals surface area (Å²) in [5, 5.41) is 13.5. The minimum Gasteiger partial charge on any atom is -0.460 e. The maximum Gasteiger partial charge on any atom is 0.312 e. The molecule has 14 heteroatoms. The molecule has 0 bridgehead atoms. The van der Waals surface area contributed by atoms with Crippen LogP contribution in [0.4, 0.5) is 10.5 Å². The molecule has 1 rings (SSSR count). The van der Waals surface area contributed by atoms with E-state index >= 15 is 0 Å². The lowest BCUT2D eigenvalue weighted by atomic mass is 9.97. The van der Waals surface area contributed by atoms with Crippen LogP contribution in [0.2, 0.25) is 0 Å². The average Bonchev–Trinajstić information content (AvgIpc) is 2.95. The molecule has 0 heterocycles. The van der Waals surface area contributed by atoms with Gasteiger partial charge in [0, 0.05) is 25.2 Å². The number of nitrogens with one attached hydrogen (secondary N) is 5. The number of urea groups is 1. The summed E-state index contributed by atoms with van der Waals surface area (Å²) in [6.07, 6.45) is 1.89. The topological polar surface area (TPSA) is 198 Å². The first-order chi connectivity index (χ1) is 20.6. The Labute approximate surface area is 273 Å². The van der Waals surface area contributed by atoms with E-state index in [0.29, 0.717) is 35.9 Å². The number of alkyl halides is 1. The average molecular weight is 731 g/mol. The van der Waals surface area contributed by atoms with Crippen LogP contribution in [0.15, 0.2) is 24.3 Å². The Kier molecular flexibility index (Phi) is 17.3. The molecule has 0 saturated carbocycles. The molecule has 44 heavy (non-hydrogen) atoms. The summed E-state index contributed by atoms with van der Waals surface area (Å²) in [4.78, 5) is 73.5. The van der Waals surface area contributed by atoms with Crippen molar-refractivity contribution in [2.45, 2.75) is 85.4 Å². The van der Waals surface area contributed by atoms with Crippen LogP contribution in [0, 0.1) is 11.3 Å². The van der Waals surface area contributed by atoms with Crippen LogP contribution in [-0.2, 0) is 35.3 Å². The third-order valence-corrected chi connectivity index (χ3v) is 7.04. The highest BCUT2D eigenvalue weighted by Gasteiger charge is 2.29. The molecule has 0 radical (unpaired) electrons. The Hall–Kier alpha value is -3.43. The maximum atomic E-state index is 13.3. The van der Waals surface area contributed by atoms with Gasteiger partial charge in [-0.05, 0) is 70.1 Å². The number of hydrogen-bond donors (Lipinski definition) is 6. The molecule has 0 spiro atoms. The van der Waals surface area contributed by atoms with Crippen LogP contribution in [0.3, 0.4) is 0 Å². The van der Waals surface area contributed by atoms with Gasteiger partial charge in [0.15, 0.2) is 0 Å². The zero-order chi connectivity index (χ0) is 33.3. The van der Waals surface area contributed by atoms with Crippen LogP contribution >= 0.6 is 22.6 Å². The molecule has 2 atom stereocenters. The highest BCUT2D eigenvalue weighted by Crippen LogP contribution is 2.18. The van der Waals surface area contributed by atoms with Gasteiger partial charge in [-0.1, -0.05) is 48.6 Å². The van der Waals surface area contributed by atoms with Gasteiger partial charge >= 0.3 is 12.0 Å². The van der Waals surface area contributed by atoms with Gasteiger partial charge in [-0.25, -0.2) is 4.79 Å². The van der Waals surface area contributed by atoms with Crippen molar-refractivity contribution in [2.24, 2.45) is 17.1 Å². The SMILES string of the molecule is CC(C)[C@H](NC(=O)CCCCNC(=O)CI)C(=O)N[C@@H](CCCNC(N)=O)C(=O)Nc1ccc(COC(=O)C(C)(C)C)cc1. The van der Waals surface area contributed by atoms with E-state index < -0.39 is 35.3 Å². The zero-order valence-corrected chi connectivity index (χ0v) is 28.4. The number of esters is 1. The molecule has 13 nitrogen and oxygen atoms in total. The Morgan fingerprint density at radius 3 is 2.07 bits per heavy atom. The number of carbonyl (C=O) groups is 6. The Morgan fingerprint density at radius 2 is 1.50 bits per heavy atom. The fourth-order valence-corrected chi connectivity index (χ4v) is 4.06. The minimum atomic E-state index is -0.968. The zero-order valence-electron chi connectivity index (χ0n) is 26.2. The third-order valence-electron chi connectivity index (χ3n) is 6.35. The normalized spacial score (nSPS) is 12.4. The number of halogens is 1. The molecule has 1 aromatic rings. The summed E-state index contributed by atoms with van der Waals surface area (Å²) in [6, 6.07) is 4.22. The van der Waals surface area contributed by atoms with Crippen LogP contribution in [0.25, 0.3) is 0 Å². The second-order valence-electron chi connectivity index (χ2n) is 11.7. The van der Waals surface area contributed by atoms with Crippen LogP contribution in [0.1, 0.15) is 72.3 Å². The first-order valence-electron chi connectivity index (χ1n) is 14.7. The smallest absolute Gasteiger partial charge is 0.312 e. The van der Waals surface area contributed by atoms with E-state index in [0.717, 1.165) is 5.56 Å². The monoisotopic (exact) mass is 730 g/mol. The highest BCUT2D eigenvalue weighted by molar-refractivity contribution is 14.1. The standard InChI is InChI=1S/C30H47IN6O7/c1-19(2)25(37-23(38)10-6-7-15-33-24(39)17-31)27(41)36-22(9-8-16-34-29(32)43)26(40)35-21-13-11-20(12-14-21)18-44-28(42)30(3,4)5/h11-14,19,22,25H,6-10,15-18H2,1-5H3,(H,33,39)(H,35,40)(H,36,41)(H,37,38)(H3,32,34,43)/t22-,25-/m0/s1. The molecule has 1 aromatic carbocycles. The molecule has 7 N–H and O–H groups in total. The number of hydrogen-bond acceptors (Lipinski definition) is 7. The largest absolute Gasteiger partial charge is 0.460 e. The van der Waals surface area contributed by atoms with Crippen LogP contribution < -0.4 is 32.3 Å². The number of unbranched alkanes of at least 4 members (excludes halogenated alkanes) is 1. The summed E-state index contributed by atoms with van der Waals surface area (Å²) >= 11 is 1.97. The number of nitrogens with two attached hydrogens (primary N) is 1. The van der Waals surface area contributed by atoms with Crippen molar-refractivity contribution in [3.05, 3.63) is 29.8 Å². The van der Waals surface area contributed by atoms with E-state index in [-0.39, 0.29) is 49.7 Å². The fraction of sp³-hybridized carbons (Fsp3) is 0.600. The van der Waals surface area contributed by atoms with Crippen molar-refractivity contribution in [1.29, 1.82) is 0 Å². The van der Waals surface area contributed by atoms with Crippen LogP contribution in [-0.4, -0.2) is 65.2 Å². The van der Waals surface area contributed by atoms with Gasteiger partial charge in [0.2, 0.25) is 23.6 Å². The van der Waals surface area contributed by atoms with E-state index in [2.05, 4.69) is 26.6 Å². The van der Waals surface area contributed by atoms with Crippen molar-refractivity contribution < 1.29 is 33.5 Å². The van der Waals surface area contributed by atoms with Crippen molar-refractivity contribution in [3.8, 4) is 0 Å². The van der Waals surface area contributed by atoms with Gasteiger partial charge in [-0.15, -0.1) is 0 Å². The van der Waals surface area contributed by atoms with E-state index in [1.54, 1.807) is 58.9 Å². The predicted molar refractivity (Wildman–Crippen MR) is 176 cm³/mol. The molecular formula is C30H47IN6O7. The van der Waals surface area contributed by atoms with E-state index in [1.165, 1.54) is 0 Å². The highest BCUT2D eigenvalue weighted by atomic mass is 127. The van der Waals surface area contributed by atoms with Crippen molar-refractivity contribution in [2.75, 3.05) is 22.8 Å². The third kappa shape index (κ3) is 15.9. The lowest BCUT2D eigenvalue weighted by Crippen LogP contribution is -2.54. The summed E-state index contributed by atoms with van der Waals surface area (Å²) < 4.78 is 5.69. The van der Waals surface area contributed by atoms with Gasteiger partial charge in [-0.2, -0.15) is 0 Å². The van der Waals surface area contributed by atoms with Crippen LogP contribution in [0.5, 0.6) is 0 Å². The molecule has 0 unspecified atom stereocenters. The molecule has 246 valence electrons. The molecule has 0 fully saturated rings. The Balaban J connectivity index is 2.83. The van der Waals surface area contributed by atoms with Gasteiger partial charge in [0.05, 0.1) is 9.84 Å².